The van der Waals surface area contributed by atoms with Crippen LogP contribution in [0.5, 0.6) is 11.5 Å². The molecule has 3 heterocycles. The van der Waals surface area contributed by atoms with Crippen molar-refractivity contribution >= 4 is 0 Å². The van der Waals surface area contributed by atoms with Crippen LogP contribution in [-0.2, 0) is 5.41 Å². The molecule has 2 aliphatic rings. The Labute approximate surface area is 325 Å². The van der Waals surface area contributed by atoms with Gasteiger partial charge in [0.25, 0.3) is 0 Å². The number of aromatic nitrogens is 3. The lowest BCUT2D eigenvalue weighted by molar-refractivity contribution is 0.436. The highest BCUT2D eigenvalue weighted by molar-refractivity contribution is 6.02. The lowest BCUT2D eigenvalue weighted by atomic mass is 9.66. The normalized spacial score (nSPS) is 12.9. The first kappa shape index (κ1) is 32.0. The molecule has 0 bridgehead atoms. The molecule has 0 N–H and O–H groups in total. The average molecular weight is 716 g/mol. The van der Waals surface area contributed by atoms with E-state index < -0.39 is 5.41 Å². The largest absolute Gasteiger partial charge is 0.457 e. The number of ether oxygens (including phenoxy) is 1. The molecule has 0 saturated carbocycles. The summed E-state index contributed by atoms with van der Waals surface area (Å²) in [5.41, 5.74) is 15.7. The average Bonchev–Trinajstić information content (AvgIpc) is 3.58. The van der Waals surface area contributed by atoms with Crippen molar-refractivity contribution in [2.75, 3.05) is 0 Å². The van der Waals surface area contributed by atoms with E-state index in [1.807, 2.05) is 42.7 Å². The van der Waals surface area contributed by atoms with E-state index in [2.05, 4.69) is 163 Å². The molecule has 262 valence electrons. The van der Waals surface area contributed by atoms with E-state index in [1.165, 1.54) is 16.7 Å². The van der Waals surface area contributed by atoms with E-state index in [9.17, 15) is 0 Å². The van der Waals surface area contributed by atoms with Gasteiger partial charge in [0.05, 0.1) is 16.8 Å². The maximum Gasteiger partial charge on any atom is 0.160 e. The maximum absolute atomic E-state index is 6.68. The minimum atomic E-state index is -0.644. The molecule has 56 heavy (non-hydrogen) atoms. The molecule has 0 radical (unpaired) electrons. The Hall–Kier alpha value is -7.43. The first-order valence-electron chi connectivity index (χ1n) is 18.9. The van der Waals surface area contributed by atoms with Gasteiger partial charge in [-0.3, -0.25) is 4.98 Å². The molecule has 0 unspecified atom stereocenters. The van der Waals surface area contributed by atoms with Crippen molar-refractivity contribution in [3.05, 3.63) is 223 Å². The van der Waals surface area contributed by atoms with Crippen LogP contribution in [0.15, 0.2) is 200 Å². The molecule has 0 amide bonds. The van der Waals surface area contributed by atoms with E-state index in [4.69, 9.17) is 14.7 Å². The highest BCUT2D eigenvalue weighted by atomic mass is 16.5. The third kappa shape index (κ3) is 4.89. The van der Waals surface area contributed by atoms with Gasteiger partial charge in [0.1, 0.15) is 11.5 Å². The molecule has 11 rings (SSSR count). The number of rotatable bonds is 5. The Morgan fingerprint density at radius 3 is 1.57 bits per heavy atom. The molecule has 0 saturated heterocycles. The van der Waals surface area contributed by atoms with Crippen LogP contribution in [0.25, 0.3) is 67.3 Å². The first-order chi connectivity index (χ1) is 27.8. The molecule has 1 aliphatic carbocycles. The number of hydrogen-bond donors (Lipinski definition) is 0. The van der Waals surface area contributed by atoms with Crippen LogP contribution in [0.4, 0.5) is 0 Å². The Morgan fingerprint density at radius 2 is 0.911 bits per heavy atom. The van der Waals surface area contributed by atoms with Gasteiger partial charge in [0.2, 0.25) is 0 Å². The van der Waals surface area contributed by atoms with Crippen LogP contribution < -0.4 is 4.74 Å². The minimum absolute atomic E-state index is 0.644. The van der Waals surface area contributed by atoms with E-state index in [-0.39, 0.29) is 0 Å². The second kappa shape index (κ2) is 12.9. The second-order valence-corrected chi connectivity index (χ2v) is 14.3. The monoisotopic (exact) mass is 715 g/mol. The molecule has 4 heteroatoms. The van der Waals surface area contributed by atoms with Gasteiger partial charge in [-0.2, -0.15) is 0 Å². The number of nitrogens with zero attached hydrogens (tertiary/aromatic N) is 3. The predicted molar refractivity (Wildman–Crippen MR) is 224 cm³/mol. The lowest BCUT2D eigenvalue weighted by Gasteiger charge is -2.39. The summed E-state index contributed by atoms with van der Waals surface area (Å²) in [5.74, 6) is 2.41. The van der Waals surface area contributed by atoms with Crippen molar-refractivity contribution in [3.63, 3.8) is 0 Å². The first-order valence-corrected chi connectivity index (χ1v) is 18.9. The van der Waals surface area contributed by atoms with Gasteiger partial charge < -0.3 is 4.74 Å². The zero-order chi connectivity index (χ0) is 37.1. The van der Waals surface area contributed by atoms with Crippen LogP contribution in [-0.4, -0.2) is 15.0 Å². The number of pyridine rings is 1. The van der Waals surface area contributed by atoms with Crippen molar-refractivity contribution in [1.29, 1.82) is 0 Å². The Kier molecular flexibility index (Phi) is 7.36. The SMILES string of the molecule is c1ccc(-c2cc(-c3cccc4c3-c3c(-c5ccc(-c6cccnc6)cc5)cccc3C43c4ccccc4Oc4ccccc43)nc(-c3ccccc3)n2)cc1. The fourth-order valence-electron chi connectivity index (χ4n) is 8.88. The van der Waals surface area contributed by atoms with E-state index in [1.54, 1.807) is 0 Å². The zero-order valence-electron chi connectivity index (χ0n) is 30.3. The molecular weight excluding hydrogens is 683 g/mol. The summed E-state index contributed by atoms with van der Waals surface area (Å²) in [6.07, 6.45) is 3.72. The summed E-state index contributed by atoms with van der Waals surface area (Å²) >= 11 is 0. The number of para-hydroxylation sites is 2. The van der Waals surface area contributed by atoms with Crippen molar-refractivity contribution in [2.45, 2.75) is 5.41 Å². The van der Waals surface area contributed by atoms with E-state index in [0.717, 1.165) is 78.5 Å². The van der Waals surface area contributed by atoms with E-state index in [0.29, 0.717) is 5.82 Å². The van der Waals surface area contributed by atoms with E-state index >= 15 is 0 Å². The summed E-state index contributed by atoms with van der Waals surface area (Å²) in [7, 11) is 0. The third-order valence-electron chi connectivity index (χ3n) is 11.3. The molecule has 0 fully saturated rings. The van der Waals surface area contributed by atoms with Gasteiger partial charge in [-0.05, 0) is 68.8 Å². The standard InChI is InChI=1S/C52H33N3O/c1-3-14-36(15-4-1)45-32-46(55-51(54-45)37-16-5-2-6-17-37)40-20-12-24-44-50(40)49-39(35-29-27-34(28-30-35)38-18-13-31-53-33-38)19-11-23-43(49)52(44)41-21-7-9-25-47(41)56-48-26-10-8-22-42(48)52/h1-33H. The molecule has 1 aliphatic heterocycles. The third-order valence-corrected chi connectivity index (χ3v) is 11.3. The van der Waals surface area contributed by atoms with Crippen molar-refractivity contribution in [1.82, 2.24) is 15.0 Å². The Balaban J connectivity index is 1.23. The van der Waals surface area contributed by atoms with Crippen LogP contribution in [0.1, 0.15) is 22.3 Å². The smallest absolute Gasteiger partial charge is 0.160 e. The number of fused-ring (bicyclic) bond motifs is 9. The summed E-state index contributed by atoms with van der Waals surface area (Å²) in [4.78, 5) is 14.9. The minimum Gasteiger partial charge on any atom is -0.457 e. The quantitative estimate of drug-likeness (QED) is 0.178. The van der Waals surface area contributed by atoms with Crippen LogP contribution in [0, 0.1) is 0 Å². The molecule has 7 aromatic carbocycles. The maximum atomic E-state index is 6.68. The Morgan fingerprint density at radius 1 is 0.375 bits per heavy atom. The van der Waals surface area contributed by atoms with Crippen molar-refractivity contribution in [3.8, 4) is 78.8 Å². The highest BCUT2D eigenvalue weighted by Gasteiger charge is 2.52. The number of benzene rings is 7. The molecule has 1 spiro atoms. The second-order valence-electron chi connectivity index (χ2n) is 14.3. The predicted octanol–water partition coefficient (Wildman–Crippen LogP) is 12.7. The number of hydrogen-bond acceptors (Lipinski definition) is 4. The molecular formula is C52H33N3O. The van der Waals surface area contributed by atoms with Gasteiger partial charge >= 0.3 is 0 Å². The fourth-order valence-corrected chi connectivity index (χ4v) is 8.88. The Bertz CT molecular complexity index is 2820. The molecule has 4 nitrogen and oxygen atoms in total. The van der Waals surface area contributed by atoms with Gasteiger partial charge in [-0.15, -0.1) is 0 Å². The van der Waals surface area contributed by atoms with Crippen molar-refractivity contribution < 1.29 is 4.74 Å². The summed E-state index contributed by atoms with van der Waals surface area (Å²) in [5, 5.41) is 0. The topological polar surface area (TPSA) is 47.9 Å². The van der Waals surface area contributed by atoms with Crippen LogP contribution >= 0.6 is 0 Å². The van der Waals surface area contributed by atoms with Gasteiger partial charge in [0.15, 0.2) is 5.82 Å². The summed E-state index contributed by atoms with van der Waals surface area (Å²) in [6, 6.07) is 66.3. The summed E-state index contributed by atoms with van der Waals surface area (Å²) in [6.45, 7) is 0. The highest BCUT2D eigenvalue weighted by Crippen LogP contribution is 2.64. The zero-order valence-corrected chi connectivity index (χ0v) is 30.3. The van der Waals surface area contributed by atoms with Gasteiger partial charge in [-0.1, -0.05) is 164 Å². The van der Waals surface area contributed by atoms with Crippen LogP contribution in [0.2, 0.25) is 0 Å². The van der Waals surface area contributed by atoms with Crippen LogP contribution in [0.3, 0.4) is 0 Å². The van der Waals surface area contributed by atoms with Gasteiger partial charge in [0, 0.05) is 40.2 Å². The lowest BCUT2D eigenvalue weighted by Crippen LogP contribution is -2.32. The molecule has 2 aromatic heterocycles. The van der Waals surface area contributed by atoms with Gasteiger partial charge in [-0.25, -0.2) is 9.97 Å². The fraction of sp³-hybridized carbons (Fsp3) is 0.0192. The molecule has 9 aromatic rings. The summed E-state index contributed by atoms with van der Waals surface area (Å²) < 4.78 is 6.68. The molecule has 0 atom stereocenters. The van der Waals surface area contributed by atoms with Crippen molar-refractivity contribution in [2.24, 2.45) is 0 Å².